The van der Waals surface area contributed by atoms with Crippen LogP contribution >= 0.6 is 0 Å². The molecule has 0 N–H and O–H groups in total. The molecule has 0 rings (SSSR count). The van der Waals surface area contributed by atoms with Gasteiger partial charge in [-0.05, 0) is 13.3 Å². The van der Waals surface area contributed by atoms with Gasteiger partial charge in [-0.2, -0.15) is 4.65 Å². The number of hydrogen-bond donors (Lipinski definition) is 0. The minimum Gasteiger partial charge on any atom is -0.201 e. The third-order valence-electron chi connectivity index (χ3n) is 2.96. The van der Waals surface area contributed by atoms with Crippen LogP contribution in [0.4, 0.5) is 0 Å². The molecule has 0 aliphatic carbocycles. The van der Waals surface area contributed by atoms with Crippen molar-refractivity contribution in [1.82, 2.24) is 0 Å². The SMILES string of the molecule is CCCCCCCCCCC(C)O[N+](C)(C)C. The van der Waals surface area contributed by atoms with Gasteiger partial charge in [0.2, 0.25) is 0 Å². The summed E-state index contributed by atoms with van der Waals surface area (Å²) in [6.45, 7) is 4.46. The van der Waals surface area contributed by atoms with Gasteiger partial charge in [0.15, 0.2) is 0 Å². The van der Waals surface area contributed by atoms with Gasteiger partial charge in [-0.1, -0.05) is 58.3 Å². The number of nitrogens with zero attached hydrogens (tertiary/aromatic N) is 1. The van der Waals surface area contributed by atoms with E-state index in [2.05, 4.69) is 35.0 Å². The van der Waals surface area contributed by atoms with Crippen LogP contribution in [-0.4, -0.2) is 31.9 Å². The van der Waals surface area contributed by atoms with Crippen molar-refractivity contribution in [2.24, 2.45) is 0 Å². The van der Waals surface area contributed by atoms with Crippen LogP contribution in [0, 0.1) is 0 Å². The molecule has 0 heterocycles. The molecule has 0 aromatic carbocycles. The molecule has 0 bridgehead atoms. The fourth-order valence-corrected chi connectivity index (χ4v) is 2.16. The second-order valence-electron chi connectivity index (χ2n) is 6.07. The maximum atomic E-state index is 5.83. The summed E-state index contributed by atoms with van der Waals surface area (Å²) in [6.07, 6.45) is 12.7. The Morgan fingerprint density at radius 2 is 1.29 bits per heavy atom. The zero-order valence-corrected chi connectivity index (χ0v) is 12.8. The molecule has 0 radical (unpaired) electrons. The highest BCUT2D eigenvalue weighted by atomic mass is 16.7. The Labute approximate surface area is 109 Å². The quantitative estimate of drug-likeness (QED) is 0.294. The number of quaternary nitrogens is 1. The summed E-state index contributed by atoms with van der Waals surface area (Å²) in [4.78, 5) is 5.83. The number of rotatable bonds is 11. The average Bonchev–Trinajstić information content (AvgIpc) is 2.19. The smallest absolute Gasteiger partial charge is 0.114 e. The molecule has 0 spiro atoms. The summed E-state index contributed by atoms with van der Waals surface area (Å²) in [5.74, 6) is 0. The summed E-state index contributed by atoms with van der Waals surface area (Å²) in [5.41, 5.74) is 0. The first-order chi connectivity index (χ1) is 7.95. The lowest BCUT2D eigenvalue weighted by Crippen LogP contribution is -2.37. The van der Waals surface area contributed by atoms with E-state index in [0.717, 1.165) is 0 Å². The lowest BCUT2D eigenvalue weighted by molar-refractivity contribution is -1.07. The summed E-state index contributed by atoms with van der Waals surface area (Å²) in [7, 11) is 6.22. The number of hydrogen-bond acceptors (Lipinski definition) is 1. The van der Waals surface area contributed by atoms with E-state index >= 15 is 0 Å². The molecule has 17 heavy (non-hydrogen) atoms. The Balaban J connectivity index is 3.22. The number of hydroxylamine groups is 3. The van der Waals surface area contributed by atoms with Crippen LogP contribution in [-0.2, 0) is 4.84 Å². The van der Waals surface area contributed by atoms with E-state index in [1.807, 2.05) is 0 Å². The molecule has 0 amide bonds. The molecule has 0 aromatic heterocycles. The van der Waals surface area contributed by atoms with Gasteiger partial charge in [0, 0.05) is 0 Å². The van der Waals surface area contributed by atoms with Crippen molar-refractivity contribution in [3.63, 3.8) is 0 Å². The Hall–Kier alpha value is -0.0800. The maximum absolute atomic E-state index is 5.83. The van der Waals surface area contributed by atoms with Crippen molar-refractivity contribution >= 4 is 0 Å². The highest BCUT2D eigenvalue weighted by Gasteiger charge is 2.14. The van der Waals surface area contributed by atoms with Crippen molar-refractivity contribution < 1.29 is 9.48 Å². The summed E-state index contributed by atoms with van der Waals surface area (Å²) >= 11 is 0. The third-order valence-corrected chi connectivity index (χ3v) is 2.96. The minimum absolute atomic E-state index is 0.384. The molecule has 0 fully saturated rings. The lowest BCUT2D eigenvalue weighted by atomic mass is 10.1. The molecule has 2 nitrogen and oxygen atoms in total. The fraction of sp³-hybridized carbons (Fsp3) is 1.00. The molecule has 0 aliphatic rings. The van der Waals surface area contributed by atoms with E-state index in [-0.39, 0.29) is 0 Å². The van der Waals surface area contributed by atoms with E-state index < -0.39 is 0 Å². The maximum Gasteiger partial charge on any atom is 0.114 e. The predicted octanol–water partition coefficient (Wildman–Crippen LogP) is 4.54. The third kappa shape index (κ3) is 13.9. The highest BCUT2D eigenvalue weighted by molar-refractivity contribution is 4.50. The Bertz CT molecular complexity index is 163. The Morgan fingerprint density at radius 1 is 0.824 bits per heavy atom. The molecule has 0 saturated heterocycles. The predicted molar refractivity (Wildman–Crippen MR) is 75.8 cm³/mol. The molecule has 2 heteroatoms. The molecule has 0 saturated carbocycles. The highest BCUT2D eigenvalue weighted by Crippen LogP contribution is 2.12. The van der Waals surface area contributed by atoms with Crippen molar-refractivity contribution in [2.75, 3.05) is 21.1 Å². The van der Waals surface area contributed by atoms with E-state index in [1.165, 1.54) is 57.8 Å². The van der Waals surface area contributed by atoms with E-state index in [0.29, 0.717) is 10.8 Å². The van der Waals surface area contributed by atoms with Crippen LogP contribution in [0.1, 0.15) is 71.6 Å². The lowest BCUT2D eigenvalue weighted by Gasteiger charge is -2.25. The van der Waals surface area contributed by atoms with Crippen molar-refractivity contribution in [2.45, 2.75) is 77.7 Å². The standard InChI is InChI=1S/C15H34NO/c1-6-7-8-9-10-11-12-13-14-15(2)17-16(3,4)5/h15H,6-14H2,1-5H3/q+1. The normalized spacial score (nSPS) is 13.9. The molecular formula is C15H34NO+. The van der Waals surface area contributed by atoms with E-state index in [1.54, 1.807) is 0 Å². The first-order valence-corrected chi connectivity index (χ1v) is 7.45. The van der Waals surface area contributed by atoms with Crippen LogP contribution in [0.25, 0.3) is 0 Å². The molecule has 1 unspecified atom stereocenters. The van der Waals surface area contributed by atoms with E-state index in [4.69, 9.17) is 4.84 Å². The molecular weight excluding hydrogens is 210 g/mol. The second-order valence-corrected chi connectivity index (χ2v) is 6.07. The van der Waals surface area contributed by atoms with Crippen LogP contribution < -0.4 is 0 Å². The van der Waals surface area contributed by atoms with Crippen LogP contribution in [0.2, 0.25) is 0 Å². The van der Waals surface area contributed by atoms with Gasteiger partial charge in [0.1, 0.15) is 6.10 Å². The summed E-state index contributed by atoms with van der Waals surface area (Å²) in [6, 6.07) is 0. The monoisotopic (exact) mass is 244 g/mol. The summed E-state index contributed by atoms with van der Waals surface area (Å²) < 4.78 is 0.609. The first kappa shape index (κ1) is 16.9. The number of unbranched alkanes of at least 4 members (excludes halogenated alkanes) is 7. The zero-order chi connectivity index (χ0) is 13.1. The van der Waals surface area contributed by atoms with Gasteiger partial charge in [-0.15, -0.1) is 0 Å². The topological polar surface area (TPSA) is 9.23 Å². The second kappa shape index (κ2) is 9.90. The van der Waals surface area contributed by atoms with Gasteiger partial charge in [0.25, 0.3) is 0 Å². The Kier molecular flexibility index (Phi) is 9.85. The van der Waals surface area contributed by atoms with Crippen molar-refractivity contribution in [3.05, 3.63) is 0 Å². The van der Waals surface area contributed by atoms with E-state index in [9.17, 15) is 0 Å². The van der Waals surface area contributed by atoms with Gasteiger partial charge in [0.05, 0.1) is 21.1 Å². The van der Waals surface area contributed by atoms with Crippen LogP contribution in [0.15, 0.2) is 0 Å². The van der Waals surface area contributed by atoms with Crippen LogP contribution in [0.3, 0.4) is 0 Å². The molecule has 1 atom stereocenters. The zero-order valence-electron chi connectivity index (χ0n) is 12.8. The first-order valence-electron chi connectivity index (χ1n) is 7.45. The van der Waals surface area contributed by atoms with Crippen molar-refractivity contribution in [3.8, 4) is 0 Å². The average molecular weight is 244 g/mol. The minimum atomic E-state index is 0.384. The molecule has 104 valence electrons. The van der Waals surface area contributed by atoms with Crippen molar-refractivity contribution in [1.29, 1.82) is 0 Å². The van der Waals surface area contributed by atoms with Gasteiger partial charge < -0.3 is 0 Å². The molecule has 0 aromatic rings. The van der Waals surface area contributed by atoms with Gasteiger partial charge >= 0.3 is 0 Å². The van der Waals surface area contributed by atoms with Gasteiger partial charge in [-0.25, -0.2) is 4.84 Å². The largest absolute Gasteiger partial charge is 0.201 e. The molecule has 0 aliphatic heterocycles. The Morgan fingerprint density at radius 3 is 1.76 bits per heavy atom. The van der Waals surface area contributed by atoms with Gasteiger partial charge in [-0.3, -0.25) is 0 Å². The fourth-order valence-electron chi connectivity index (χ4n) is 2.16. The summed E-state index contributed by atoms with van der Waals surface area (Å²) in [5, 5.41) is 0. The van der Waals surface area contributed by atoms with Crippen LogP contribution in [0.5, 0.6) is 0 Å².